The van der Waals surface area contributed by atoms with Crippen LogP contribution in [0.5, 0.6) is 0 Å². The van der Waals surface area contributed by atoms with E-state index in [4.69, 9.17) is 4.74 Å². The summed E-state index contributed by atoms with van der Waals surface area (Å²) in [6, 6.07) is -0.211. The Hall–Kier alpha value is -1.10. The van der Waals surface area contributed by atoms with E-state index in [1.807, 2.05) is 6.92 Å². The minimum absolute atomic E-state index is 0.00753. The van der Waals surface area contributed by atoms with Crippen LogP contribution >= 0.6 is 0 Å². The van der Waals surface area contributed by atoms with E-state index in [-0.39, 0.29) is 24.0 Å². The molecule has 2 aliphatic rings. The second-order valence-electron chi connectivity index (χ2n) is 5.56. The van der Waals surface area contributed by atoms with Crippen LogP contribution < -0.4 is 5.32 Å². The summed E-state index contributed by atoms with van der Waals surface area (Å²) in [7, 11) is 0. The minimum Gasteiger partial charge on any atom is -0.481 e. The lowest BCUT2D eigenvalue weighted by Gasteiger charge is -2.30. The Morgan fingerprint density at radius 2 is 1.95 bits per heavy atom. The van der Waals surface area contributed by atoms with Gasteiger partial charge in [-0.3, -0.25) is 9.59 Å². The van der Waals surface area contributed by atoms with Gasteiger partial charge in [-0.1, -0.05) is 19.8 Å². The molecule has 2 rings (SSSR count). The molecule has 1 saturated carbocycles. The van der Waals surface area contributed by atoms with Crippen LogP contribution in [0.3, 0.4) is 0 Å². The van der Waals surface area contributed by atoms with Crippen molar-refractivity contribution in [1.29, 1.82) is 0 Å². The van der Waals surface area contributed by atoms with Gasteiger partial charge < -0.3 is 15.2 Å². The van der Waals surface area contributed by atoms with Gasteiger partial charge in [0.2, 0.25) is 5.91 Å². The molecule has 1 aliphatic heterocycles. The fourth-order valence-electron chi connectivity index (χ4n) is 3.24. The summed E-state index contributed by atoms with van der Waals surface area (Å²) in [5.74, 6) is -1.36. The van der Waals surface area contributed by atoms with E-state index in [9.17, 15) is 14.7 Å². The highest BCUT2D eigenvalue weighted by atomic mass is 16.5. The lowest BCUT2D eigenvalue weighted by Crippen LogP contribution is -2.48. The van der Waals surface area contributed by atoms with Crippen molar-refractivity contribution >= 4 is 11.9 Å². The third kappa shape index (κ3) is 3.26. The summed E-state index contributed by atoms with van der Waals surface area (Å²) in [6.07, 6.45) is 4.93. The fourth-order valence-corrected chi connectivity index (χ4v) is 3.24. The zero-order valence-electron chi connectivity index (χ0n) is 11.4. The summed E-state index contributed by atoms with van der Waals surface area (Å²) in [4.78, 5) is 23.5. The van der Waals surface area contributed by atoms with Crippen LogP contribution in [-0.4, -0.2) is 35.7 Å². The Morgan fingerprint density at radius 1 is 1.21 bits per heavy atom. The predicted octanol–water partition coefficient (Wildman–Crippen LogP) is 1.56. The van der Waals surface area contributed by atoms with Crippen LogP contribution in [0.2, 0.25) is 0 Å². The first-order valence-electron chi connectivity index (χ1n) is 7.28. The first kappa shape index (κ1) is 14.3. The number of aliphatic carboxylic acids is 1. The van der Waals surface area contributed by atoms with Gasteiger partial charge in [-0.05, 0) is 25.7 Å². The van der Waals surface area contributed by atoms with Crippen molar-refractivity contribution in [2.45, 2.75) is 57.6 Å². The van der Waals surface area contributed by atoms with Crippen molar-refractivity contribution in [1.82, 2.24) is 5.32 Å². The summed E-state index contributed by atoms with van der Waals surface area (Å²) in [5, 5.41) is 12.2. The van der Waals surface area contributed by atoms with E-state index >= 15 is 0 Å². The first-order chi connectivity index (χ1) is 9.13. The first-order valence-corrected chi connectivity index (χ1v) is 7.28. The minimum atomic E-state index is -0.792. The van der Waals surface area contributed by atoms with Gasteiger partial charge in [-0.25, -0.2) is 0 Å². The molecular formula is C14H23NO4. The van der Waals surface area contributed by atoms with E-state index in [2.05, 4.69) is 5.32 Å². The van der Waals surface area contributed by atoms with E-state index in [1.165, 1.54) is 0 Å². The lowest BCUT2D eigenvalue weighted by atomic mass is 9.84. The predicted molar refractivity (Wildman–Crippen MR) is 69.7 cm³/mol. The van der Waals surface area contributed by atoms with Crippen molar-refractivity contribution in [3.63, 3.8) is 0 Å². The summed E-state index contributed by atoms with van der Waals surface area (Å²) < 4.78 is 5.52. The van der Waals surface area contributed by atoms with Crippen molar-refractivity contribution in [2.75, 3.05) is 6.61 Å². The molecule has 1 aliphatic carbocycles. The molecule has 19 heavy (non-hydrogen) atoms. The monoisotopic (exact) mass is 269 g/mol. The van der Waals surface area contributed by atoms with Crippen molar-refractivity contribution in [2.24, 2.45) is 11.8 Å². The highest BCUT2D eigenvalue weighted by Crippen LogP contribution is 2.27. The lowest BCUT2D eigenvalue weighted by molar-refractivity contribution is -0.144. The molecule has 5 nitrogen and oxygen atoms in total. The summed E-state index contributed by atoms with van der Waals surface area (Å²) in [5.41, 5.74) is 0. The Kier molecular flexibility index (Phi) is 4.80. The Balaban J connectivity index is 1.95. The smallest absolute Gasteiger partial charge is 0.308 e. The largest absolute Gasteiger partial charge is 0.481 e. The summed E-state index contributed by atoms with van der Waals surface area (Å²) >= 11 is 0. The molecule has 0 spiro atoms. The number of nitrogens with one attached hydrogen (secondary N) is 1. The van der Waals surface area contributed by atoms with Gasteiger partial charge in [0.25, 0.3) is 0 Å². The quantitative estimate of drug-likeness (QED) is 0.812. The molecule has 0 bridgehead atoms. The van der Waals surface area contributed by atoms with Gasteiger partial charge in [0, 0.05) is 12.6 Å². The van der Waals surface area contributed by atoms with Crippen LogP contribution in [0.15, 0.2) is 0 Å². The maximum atomic E-state index is 12.3. The van der Waals surface area contributed by atoms with E-state index < -0.39 is 11.9 Å². The molecule has 1 saturated heterocycles. The molecule has 4 unspecified atom stereocenters. The highest BCUT2D eigenvalue weighted by molar-refractivity contribution is 5.81. The molecule has 0 radical (unpaired) electrons. The van der Waals surface area contributed by atoms with Gasteiger partial charge in [-0.2, -0.15) is 0 Å². The second-order valence-corrected chi connectivity index (χ2v) is 5.56. The molecule has 5 heteroatoms. The number of amides is 1. The normalized spacial score (nSPS) is 35.0. The Labute approximate surface area is 113 Å². The van der Waals surface area contributed by atoms with Crippen LogP contribution in [0, 0.1) is 11.8 Å². The van der Waals surface area contributed by atoms with Crippen LogP contribution in [-0.2, 0) is 14.3 Å². The second kappa shape index (κ2) is 6.37. The molecule has 1 amide bonds. The number of carbonyl (C=O) groups is 2. The number of hydrogen-bond donors (Lipinski definition) is 2. The zero-order valence-corrected chi connectivity index (χ0v) is 11.4. The van der Waals surface area contributed by atoms with Gasteiger partial charge in [0.1, 0.15) is 0 Å². The van der Waals surface area contributed by atoms with Crippen molar-refractivity contribution in [3.8, 4) is 0 Å². The number of carboxylic acid groups (broad SMARTS) is 1. The van der Waals surface area contributed by atoms with E-state index in [0.29, 0.717) is 13.0 Å². The Bertz CT molecular complexity index is 344. The van der Waals surface area contributed by atoms with E-state index in [1.54, 1.807) is 0 Å². The van der Waals surface area contributed by atoms with Gasteiger partial charge >= 0.3 is 5.97 Å². The Morgan fingerprint density at radius 3 is 2.63 bits per heavy atom. The number of carboxylic acids is 1. The van der Waals surface area contributed by atoms with Crippen LogP contribution in [0.4, 0.5) is 0 Å². The molecule has 0 aromatic carbocycles. The molecular weight excluding hydrogens is 246 g/mol. The van der Waals surface area contributed by atoms with Crippen molar-refractivity contribution < 1.29 is 19.4 Å². The fraction of sp³-hybridized carbons (Fsp3) is 0.857. The molecule has 108 valence electrons. The number of carbonyl (C=O) groups excluding carboxylic acids is 1. The molecule has 4 atom stereocenters. The average molecular weight is 269 g/mol. The molecule has 2 N–H and O–H groups in total. The number of rotatable bonds is 4. The average Bonchev–Trinajstić information content (AvgIpc) is 2.87. The van der Waals surface area contributed by atoms with Crippen LogP contribution in [0.25, 0.3) is 0 Å². The maximum Gasteiger partial charge on any atom is 0.308 e. The van der Waals surface area contributed by atoms with E-state index in [0.717, 1.165) is 32.1 Å². The third-order valence-electron chi connectivity index (χ3n) is 4.36. The highest BCUT2D eigenvalue weighted by Gasteiger charge is 2.37. The molecule has 1 heterocycles. The maximum absolute atomic E-state index is 12.3. The molecule has 2 fully saturated rings. The SMILES string of the molecule is CCC1OCCC1C(=O)NC1CCCCC1C(=O)O. The number of hydrogen-bond acceptors (Lipinski definition) is 3. The molecule has 0 aromatic rings. The molecule has 0 aromatic heterocycles. The summed E-state index contributed by atoms with van der Waals surface area (Å²) in [6.45, 7) is 2.64. The topological polar surface area (TPSA) is 75.6 Å². The van der Waals surface area contributed by atoms with Gasteiger partial charge in [0.05, 0.1) is 17.9 Å². The van der Waals surface area contributed by atoms with Crippen molar-refractivity contribution in [3.05, 3.63) is 0 Å². The zero-order chi connectivity index (χ0) is 13.8. The third-order valence-corrected chi connectivity index (χ3v) is 4.36. The van der Waals surface area contributed by atoms with Gasteiger partial charge in [0.15, 0.2) is 0 Å². The number of ether oxygens (including phenoxy) is 1. The van der Waals surface area contributed by atoms with Gasteiger partial charge in [-0.15, -0.1) is 0 Å². The van der Waals surface area contributed by atoms with Crippen LogP contribution in [0.1, 0.15) is 45.4 Å². The standard InChI is InChI=1S/C14H23NO4/c1-2-12-10(7-8-19-12)13(16)15-11-6-4-3-5-9(11)14(17)18/h9-12H,2-8H2,1H3,(H,15,16)(H,17,18).